The van der Waals surface area contributed by atoms with Crippen LogP contribution in [-0.2, 0) is 10.8 Å². The van der Waals surface area contributed by atoms with Gasteiger partial charge < -0.3 is 15.4 Å². The van der Waals surface area contributed by atoms with Crippen molar-refractivity contribution in [2.24, 2.45) is 0 Å². The molecule has 0 aliphatic carbocycles. The van der Waals surface area contributed by atoms with Crippen LogP contribution in [0.4, 0.5) is 11.6 Å². The van der Waals surface area contributed by atoms with Gasteiger partial charge in [0.15, 0.2) is 0 Å². The first-order valence-corrected chi connectivity index (χ1v) is 13.2. The van der Waals surface area contributed by atoms with E-state index in [0.717, 1.165) is 33.7 Å². The summed E-state index contributed by atoms with van der Waals surface area (Å²) in [5.74, 6) is 1.62. The van der Waals surface area contributed by atoms with Gasteiger partial charge in [-0.25, -0.2) is 4.98 Å². The highest BCUT2D eigenvalue weighted by Gasteiger charge is 2.16. The summed E-state index contributed by atoms with van der Waals surface area (Å²) < 4.78 is 0. The highest BCUT2D eigenvalue weighted by molar-refractivity contribution is 6.58. The van der Waals surface area contributed by atoms with Crippen molar-refractivity contribution in [2.75, 3.05) is 5.32 Å². The Morgan fingerprint density at radius 2 is 1.33 bits per heavy atom. The Morgan fingerprint density at radius 3 is 1.87 bits per heavy atom. The molecule has 0 amide bonds. The first-order valence-electron chi connectivity index (χ1n) is 13.2. The number of rotatable bonds is 4. The molecule has 7 heteroatoms. The standard InChI is InChI=1S/C22H22N4.C10H15BO2/c1-22(2,3)17-10-8-15(9-11-17)21-18-7-5-4-6-16(18)14-20(25-21)24-19-12-13-23-26-19;1-10(2,3)8-4-6-9(7-5-8)11(12)13/h4-14H,1-3H3,(H2,23,24,25,26);4-7,12-13H,1-3H3. The molecule has 5 aromatic rings. The quantitative estimate of drug-likeness (QED) is 0.208. The maximum absolute atomic E-state index is 8.87. The summed E-state index contributed by atoms with van der Waals surface area (Å²) in [6.07, 6.45) is 1.72. The van der Waals surface area contributed by atoms with Crippen LogP contribution >= 0.6 is 0 Å². The molecular weight excluding hydrogens is 483 g/mol. The van der Waals surface area contributed by atoms with Crippen LogP contribution in [0, 0.1) is 0 Å². The molecule has 2 heterocycles. The molecule has 0 aliphatic heterocycles. The van der Waals surface area contributed by atoms with Gasteiger partial charge in [0, 0.05) is 17.0 Å². The number of anilines is 2. The lowest BCUT2D eigenvalue weighted by molar-refractivity contribution is 0.425. The zero-order valence-electron chi connectivity index (χ0n) is 23.5. The third-order valence-corrected chi connectivity index (χ3v) is 6.60. The molecule has 5 rings (SSSR count). The molecule has 200 valence electrons. The van der Waals surface area contributed by atoms with E-state index in [9.17, 15) is 0 Å². The predicted octanol–water partition coefficient (Wildman–Crippen LogP) is 6.33. The Balaban J connectivity index is 0.000000229. The Labute approximate surface area is 231 Å². The topological polar surface area (TPSA) is 94.1 Å². The summed E-state index contributed by atoms with van der Waals surface area (Å²) in [5, 5.41) is 30.2. The van der Waals surface area contributed by atoms with Gasteiger partial charge in [-0.15, -0.1) is 0 Å². The van der Waals surface area contributed by atoms with E-state index >= 15 is 0 Å². The number of hydrogen-bond acceptors (Lipinski definition) is 5. The number of benzene rings is 3. The molecule has 0 aliphatic rings. The average molecular weight is 520 g/mol. The number of aromatic nitrogens is 3. The van der Waals surface area contributed by atoms with E-state index in [4.69, 9.17) is 15.0 Å². The van der Waals surface area contributed by atoms with Gasteiger partial charge >= 0.3 is 7.12 Å². The lowest BCUT2D eigenvalue weighted by Crippen LogP contribution is -2.29. The van der Waals surface area contributed by atoms with Gasteiger partial charge in [-0.1, -0.05) is 114 Å². The van der Waals surface area contributed by atoms with E-state index in [2.05, 4.69) is 112 Å². The summed E-state index contributed by atoms with van der Waals surface area (Å²) >= 11 is 0. The van der Waals surface area contributed by atoms with Gasteiger partial charge in [-0.3, -0.25) is 5.10 Å². The molecular formula is C32H37BN4O2. The summed E-state index contributed by atoms with van der Waals surface area (Å²) in [6.45, 7) is 13.0. The summed E-state index contributed by atoms with van der Waals surface area (Å²) in [7, 11) is -1.37. The van der Waals surface area contributed by atoms with Crippen LogP contribution in [0.5, 0.6) is 0 Å². The first kappa shape index (κ1) is 28.1. The molecule has 4 N–H and O–H groups in total. The van der Waals surface area contributed by atoms with Crippen molar-refractivity contribution in [3.63, 3.8) is 0 Å². The third kappa shape index (κ3) is 7.13. The molecule has 0 saturated heterocycles. The Kier molecular flexibility index (Phi) is 8.24. The van der Waals surface area contributed by atoms with E-state index in [1.54, 1.807) is 18.3 Å². The van der Waals surface area contributed by atoms with Crippen molar-refractivity contribution in [2.45, 2.75) is 52.4 Å². The number of nitrogens with zero attached hydrogens (tertiary/aromatic N) is 2. The SMILES string of the molecule is CC(C)(C)c1ccc(-c2nc(Nc3ccn[nH]3)cc3ccccc23)cc1.CC(C)(C)c1ccc(B(O)O)cc1. The van der Waals surface area contributed by atoms with Crippen molar-refractivity contribution in [1.29, 1.82) is 0 Å². The number of hydrogen-bond donors (Lipinski definition) is 4. The van der Waals surface area contributed by atoms with Crippen LogP contribution in [0.1, 0.15) is 52.7 Å². The second-order valence-electron chi connectivity index (χ2n) is 11.7. The van der Waals surface area contributed by atoms with Crippen LogP contribution in [0.15, 0.2) is 91.1 Å². The molecule has 0 unspecified atom stereocenters. The smallest absolute Gasteiger partial charge is 0.423 e. The summed E-state index contributed by atoms with van der Waals surface area (Å²) in [6, 6.07) is 28.3. The number of H-pyrrole nitrogens is 1. The van der Waals surface area contributed by atoms with Gasteiger partial charge in [-0.2, -0.15) is 5.10 Å². The van der Waals surface area contributed by atoms with E-state index in [1.165, 1.54) is 11.1 Å². The van der Waals surface area contributed by atoms with Gasteiger partial charge in [-0.05, 0) is 38.9 Å². The van der Waals surface area contributed by atoms with Crippen molar-refractivity contribution in [1.82, 2.24) is 15.2 Å². The normalized spacial score (nSPS) is 11.6. The Morgan fingerprint density at radius 1 is 0.744 bits per heavy atom. The van der Waals surface area contributed by atoms with Crippen molar-refractivity contribution < 1.29 is 10.0 Å². The number of nitrogens with one attached hydrogen (secondary N) is 2. The lowest BCUT2D eigenvalue weighted by Gasteiger charge is -2.19. The van der Waals surface area contributed by atoms with E-state index in [1.807, 2.05) is 18.2 Å². The van der Waals surface area contributed by atoms with Crippen LogP contribution in [0.3, 0.4) is 0 Å². The minimum Gasteiger partial charge on any atom is -0.423 e. The van der Waals surface area contributed by atoms with E-state index in [-0.39, 0.29) is 10.8 Å². The largest absolute Gasteiger partial charge is 0.488 e. The maximum Gasteiger partial charge on any atom is 0.488 e. The zero-order valence-corrected chi connectivity index (χ0v) is 23.5. The van der Waals surface area contributed by atoms with Crippen molar-refractivity contribution >= 4 is 35.0 Å². The molecule has 3 aromatic carbocycles. The number of pyridine rings is 1. The fraction of sp³-hybridized carbons (Fsp3) is 0.250. The fourth-order valence-corrected chi connectivity index (χ4v) is 4.23. The molecule has 0 spiro atoms. The second kappa shape index (κ2) is 11.4. The summed E-state index contributed by atoms with van der Waals surface area (Å²) in [4.78, 5) is 4.88. The van der Waals surface area contributed by atoms with Gasteiger partial charge in [0.25, 0.3) is 0 Å². The predicted molar refractivity (Wildman–Crippen MR) is 163 cm³/mol. The van der Waals surface area contributed by atoms with Gasteiger partial charge in [0.05, 0.1) is 11.9 Å². The van der Waals surface area contributed by atoms with Crippen molar-refractivity contribution in [3.8, 4) is 11.3 Å². The lowest BCUT2D eigenvalue weighted by atomic mass is 9.78. The van der Waals surface area contributed by atoms with Crippen LogP contribution < -0.4 is 10.8 Å². The third-order valence-electron chi connectivity index (χ3n) is 6.60. The Hall–Kier alpha value is -3.94. The van der Waals surface area contributed by atoms with Gasteiger partial charge in [0.1, 0.15) is 11.6 Å². The van der Waals surface area contributed by atoms with E-state index in [0.29, 0.717) is 5.46 Å². The highest BCUT2D eigenvalue weighted by Crippen LogP contribution is 2.32. The first-order chi connectivity index (χ1) is 18.4. The zero-order chi connectivity index (χ0) is 28.2. The van der Waals surface area contributed by atoms with Crippen LogP contribution in [0.2, 0.25) is 0 Å². The monoisotopic (exact) mass is 520 g/mol. The molecule has 6 nitrogen and oxygen atoms in total. The minimum absolute atomic E-state index is 0.110. The van der Waals surface area contributed by atoms with Gasteiger partial charge in [0.2, 0.25) is 0 Å². The highest BCUT2D eigenvalue weighted by atomic mass is 16.4. The molecule has 0 fully saturated rings. The average Bonchev–Trinajstić information content (AvgIpc) is 3.41. The molecule has 0 bridgehead atoms. The molecule has 0 radical (unpaired) electrons. The fourth-order valence-electron chi connectivity index (χ4n) is 4.23. The second-order valence-corrected chi connectivity index (χ2v) is 11.7. The maximum atomic E-state index is 8.87. The number of aromatic amines is 1. The van der Waals surface area contributed by atoms with E-state index < -0.39 is 7.12 Å². The van der Waals surface area contributed by atoms with Crippen LogP contribution in [-0.4, -0.2) is 32.3 Å². The molecule has 0 atom stereocenters. The molecule has 2 aromatic heterocycles. The molecule has 0 saturated carbocycles. The van der Waals surface area contributed by atoms with Crippen molar-refractivity contribution in [3.05, 3.63) is 102 Å². The minimum atomic E-state index is -1.37. The Bertz CT molecular complexity index is 1500. The summed E-state index contributed by atoms with van der Waals surface area (Å²) in [5.41, 5.74) is 5.38. The van der Waals surface area contributed by atoms with Crippen LogP contribution in [0.25, 0.3) is 22.0 Å². The number of fused-ring (bicyclic) bond motifs is 1. The molecule has 39 heavy (non-hydrogen) atoms.